The Morgan fingerprint density at radius 2 is 2.00 bits per heavy atom. The molecule has 9 heteroatoms. The molecular formula is C19H16ClN3O4S. The van der Waals surface area contributed by atoms with Crippen LogP contribution in [-0.2, 0) is 9.53 Å². The molecule has 3 aromatic rings. The molecule has 0 saturated heterocycles. The summed E-state index contributed by atoms with van der Waals surface area (Å²) in [5.74, 6) is -0.436. The number of halogens is 1. The third-order valence-corrected chi connectivity index (χ3v) is 4.58. The molecular weight excluding hydrogens is 402 g/mol. The lowest BCUT2D eigenvalue weighted by atomic mass is 10.2. The first-order valence-electron chi connectivity index (χ1n) is 8.33. The zero-order valence-corrected chi connectivity index (χ0v) is 16.4. The van der Waals surface area contributed by atoms with Gasteiger partial charge in [-0.2, -0.15) is 0 Å². The van der Waals surface area contributed by atoms with Crippen LogP contribution < -0.4 is 10.1 Å². The van der Waals surface area contributed by atoms with Gasteiger partial charge in [-0.25, -0.2) is 14.8 Å². The van der Waals surface area contributed by atoms with Gasteiger partial charge in [0.1, 0.15) is 10.9 Å². The molecule has 0 spiro atoms. The SMILES string of the molecule is CCOc1ccc(-c2csc(NC(=O)COC(=O)c3cccnc3Cl)n2)cc1. The van der Waals surface area contributed by atoms with Crippen molar-refractivity contribution in [2.24, 2.45) is 0 Å². The van der Waals surface area contributed by atoms with E-state index in [-0.39, 0.29) is 10.7 Å². The van der Waals surface area contributed by atoms with E-state index >= 15 is 0 Å². The second-order valence-electron chi connectivity index (χ2n) is 5.46. The van der Waals surface area contributed by atoms with Crippen LogP contribution in [0.1, 0.15) is 17.3 Å². The van der Waals surface area contributed by atoms with Crippen LogP contribution in [-0.4, -0.2) is 35.1 Å². The summed E-state index contributed by atoms with van der Waals surface area (Å²) in [5.41, 5.74) is 1.73. The predicted octanol–water partition coefficient (Wildman–Crippen LogP) is 4.05. The van der Waals surface area contributed by atoms with Gasteiger partial charge in [-0.3, -0.25) is 10.1 Å². The zero-order valence-electron chi connectivity index (χ0n) is 14.8. The summed E-state index contributed by atoms with van der Waals surface area (Å²) >= 11 is 7.10. The molecule has 0 unspecified atom stereocenters. The number of thiazole rings is 1. The highest BCUT2D eigenvalue weighted by Crippen LogP contribution is 2.26. The molecule has 0 bridgehead atoms. The molecule has 0 atom stereocenters. The van der Waals surface area contributed by atoms with Crippen molar-refractivity contribution in [2.45, 2.75) is 6.92 Å². The molecule has 28 heavy (non-hydrogen) atoms. The Bertz CT molecular complexity index is 975. The Morgan fingerprint density at radius 1 is 1.21 bits per heavy atom. The van der Waals surface area contributed by atoms with Crippen LogP contribution in [0.2, 0.25) is 5.15 Å². The van der Waals surface area contributed by atoms with Crippen molar-refractivity contribution in [3.8, 4) is 17.0 Å². The largest absolute Gasteiger partial charge is 0.494 e. The molecule has 0 aliphatic heterocycles. The Morgan fingerprint density at radius 3 is 2.71 bits per heavy atom. The number of rotatable bonds is 7. The molecule has 0 fully saturated rings. The van der Waals surface area contributed by atoms with Crippen LogP contribution in [0, 0.1) is 0 Å². The minimum atomic E-state index is -0.720. The molecule has 1 aromatic carbocycles. The molecule has 7 nitrogen and oxygen atoms in total. The summed E-state index contributed by atoms with van der Waals surface area (Å²) in [7, 11) is 0. The maximum Gasteiger partial charge on any atom is 0.341 e. The number of carbonyl (C=O) groups excluding carboxylic acids is 2. The third kappa shape index (κ3) is 5.05. The lowest BCUT2D eigenvalue weighted by molar-refractivity contribution is -0.119. The van der Waals surface area contributed by atoms with E-state index in [1.54, 1.807) is 6.07 Å². The van der Waals surface area contributed by atoms with Crippen molar-refractivity contribution in [3.63, 3.8) is 0 Å². The van der Waals surface area contributed by atoms with Gasteiger partial charge in [-0.05, 0) is 43.3 Å². The van der Waals surface area contributed by atoms with Crippen LogP contribution in [0.15, 0.2) is 48.0 Å². The average Bonchev–Trinajstić information content (AvgIpc) is 3.16. The number of carbonyl (C=O) groups is 2. The number of amides is 1. The number of ether oxygens (including phenoxy) is 2. The van der Waals surface area contributed by atoms with E-state index in [1.807, 2.05) is 36.6 Å². The summed E-state index contributed by atoms with van der Waals surface area (Å²) < 4.78 is 10.4. The van der Waals surface area contributed by atoms with E-state index in [0.717, 1.165) is 17.0 Å². The smallest absolute Gasteiger partial charge is 0.341 e. The van der Waals surface area contributed by atoms with Crippen LogP contribution in [0.3, 0.4) is 0 Å². The van der Waals surface area contributed by atoms with E-state index < -0.39 is 18.5 Å². The van der Waals surface area contributed by atoms with E-state index in [4.69, 9.17) is 21.1 Å². The Hall–Kier alpha value is -2.97. The molecule has 144 valence electrons. The van der Waals surface area contributed by atoms with Crippen molar-refractivity contribution in [2.75, 3.05) is 18.5 Å². The third-order valence-electron chi connectivity index (χ3n) is 3.52. The number of anilines is 1. The highest BCUT2D eigenvalue weighted by atomic mass is 35.5. The molecule has 3 rings (SSSR count). The second kappa shape index (κ2) is 9.29. The quantitative estimate of drug-likeness (QED) is 0.460. The standard InChI is InChI=1S/C19H16ClN3O4S/c1-2-26-13-7-5-12(6-8-13)15-11-28-19(22-15)23-16(24)10-27-18(25)14-4-3-9-21-17(14)20/h3-9,11H,2,10H2,1H3,(H,22,23,24). The lowest BCUT2D eigenvalue weighted by Gasteiger charge is -2.05. The van der Waals surface area contributed by atoms with Crippen molar-refractivity contribution in [1.29, 1.82) is 0 Å². The van der Waals surface area contributed by atoms with Crippen LogP contribution in [0.4, 0.5) is 5.13 Å². The van der Waals surface area contributed by atoms with Gasteiger partial charge in [0.05, 0.1) is 17.9 Å². The molecule has 0 saturated carbocycles. The molecule has 0 aliphatic rings. The van der Waals surface area contributed by atoms with E-state index in [2.05, 4.69) is 15.3 Å². The normalized spacial score (nSPS) is 10.4. The number of aromatic nitrogens is 2. The van der Waals surface area contributed by atoms with Crippen LogP contribution >= 0.6 is 22.9 Å². The molecule has 1 amide bonds. The molecule has 2 aromatic heterocycles. The van der Waals surface area contributed by atoms with Gasteiger partial charge in [0.2, 0.25) is 0 Å². The number of esters is 1. The monoisotopic (exact) mass is 417 g/mol. The van der Waals surface area contributed by atoms with E-state index in [0.29, 0.717) is 11.7 Å². The summed E-state index contributed by atoms with van der Waals surface area (Å²) in [4.78, 5) is 32.1. The highest BCUT2D eigenvalue weighted by molar-refractivity contribution is 7.14. The van der Waals surface area contributed by atoms with E-state index in [1.165, 1.54) is 23.6 Å². The van der Waals surface area contributed by atoms with Gasteiger partial charge in [-0.1, -0.05) is 11.6 Å². The van der Waals surface area contributed by atoms with Crippen LogP contribution in [0.25, 0.3) is 11.3 Å². The molecule has 0 radical (unpaired) electrons. The van der Waals surface area contributed by atoms with Crippen molar-refractivity contribution in [3.05, 3.63) is 58.7 Å². The number of pyridine rings is 1. The summed E-state index contributed by atoms with van der Waals surface area (Å²) in [6, 6.07) is 10.5. The topological polar surface area (TPSA) is 90.4 Å². The average molecular weight is 418 g/mol. The van der Waals surface area contributed by atoms with Crippen molar-refractivity contribution in [1.82, 2.24) is 9.97 Å². The fourth-order valence-electron chi connectivity index (χ4n) is 2.25. The number of hydrogen-bond donors (Lipinski definition) is 1. The van der Waals surface area contributed by atoms with Gasteiger partial charge in [0, 0.05) is 17.1 Å². The number of benzene rings is 1. The number of nitrogens with zero attached hydrogens (tertiary/aromatic N) is 2. The van der Waals surface area contributed by atoms with Gasteiger partial charge >= 0.3 is 5.97 Å². The fourth-order valence-corrected chi connectivity index (χ4v) is 3.19. The summed E-state index contributed by atoms with van der Waals surface area (Å²) in [6.45, 7) is 2.07. The Kier molecular flexibility index (Phi) is 6.57. The first-order valence-corrected chi connectivity index (χ1v) is 9.59. The minimum absolute atomic E-state index is 0.0211. The Balaban J connectivity index is 1.55. The first-order chi connectivity index (χ1) is 13.6. The summed E-state index contributed by atoms with van der Waals surface area (Å²) in [5, 5.41) is 4.86. The van der Waals surface area contributed by atoms with Gasteiger partial charge in [0.25, 0.3) is 5.91 Å². The van der Waals surface area contributed by atoms with E-state index in [9.17, 15) is 9.59 Å². The van der Waals surface area contributed by atoms with Gasteiger partial charge in [-0.15, -0.1) is 11.3 Å². The second-order valence-corrected chi connectivity index (χ2v) is 6.68. The number of hydrogen-bond acceptors (Lipinski definition) is 7. The minimum Gasteiger partial charge on any atom is -0.494 e. The molecule has 0 aliphatic carbocycles. The first kappa shape index (κ1) is 19.8. The number of nitrogens with one attached hydrogen (secondary N) is 1. The fraction of sp³-hybridized carbons (Fsp3) is 0.158. The highest BCUT2D eigenvalue weighted by Gasteiger charge is 2.15. The van der Waals surface area contributed by atoms with Crippen LogP contribution in [0.5, 0.6) is 5.75 Å². The maximum absolute atomic E-state index is 12.0. The zero-order chi connectivity index (χ0) is 19.9. The van der Waals surface area contributed by atoms with Crippen molar-refractivity contribution < 1.29 is 19.1 Å². The molecule has 2 heterocycles. The summed E-state index contributed by atoms with van der Waals surface area (Å²) in [6.07, 6.45) is 1.45. The predicted molar refractivity (Wildman–Crippen MR) is 107 cm³/mol. The molecule has 1 N–H and O–H groups in total. The Labute approximate surface area is 170 Å². The maximum atomic E-state index is 12.0. The van der Waals surface area contributed by atoms with Crippen molar-refractivity contribution >= 4 is 39.9 Å². The van der Waals surface area contributed by atoms with Gasteiger partial charge < -0.3 is 9.47 Å². The lowest BCUT2D eigenvalue weighted by Crippen LogP contribution is -2.21. The van der Waals surface area contributed by atoms with Gasteiger partial charge in [0.15, 0.2) is 11.7 Å².